The molecule has 0 saturated carbocycles. The van der Waals surface area contributed by atoms with Crippen molar-refractivity contribution in [2.45, 2.75) is 63.1 Å². The SMILES string of the molecule is CCCN(CCC)C(=O)c1cc(C)cc(C(=O)N[C@@H](Cc2cc(F)cc(F)c2)C(O)[C@H]2CN(S(=O)(=O)c3ccc(Cl)c(Cl)c3)CCN2)c1. The van der Waals surface area contributed by atoms with Crippen LogP contribution in [-0.4, -0.2) is 85.5 Å². The molecule has 1 aliphatic rings. The van der Waals surface area contributed by atoms with Gasteiger partial charge in [-0.25, -0.2) is 17.2 Å². The second kappa shape index (κ2) is 16.5. The molecule has 0 aliphatic carbocycles. The molecular formula is C34H40Cl2F2N4O5S. The molecule has 0 aromatic heterocycles. The van der Waals surface area contributed by atoms with Gasteiger partial charge in [0.05, 0.1) is 27.1 Å². The van der Waals surface area contributed by atoms with Crippen LogP contribution in [0.15, 0.2) is 59.5 Å². The van der Waals surface area contributed by atoms with Gasteiger partial charge in [0.2, 0.25) is 10.0 Å². The number of aliphatic hydroxyl groups is 1. The van der Waals surface area contributed by atoms with Crippen molar-refractivity contribution in [1.82, 2.24) is 19.8 Å². The number of amides is 2. The summed E-state index contributed by atoms with van der Waals surface area (Å²) in [6.45, 7) is 6.92. The fourth-order valence-corrected chi connectivity index (χ4v) is 7.69. The summed E-state index contributed by atoms with van der Waals surface area (Å²) in [7, 11) is -4.05. The normalized spacial score (nSPS) is 16.7. The van der Waals surface area contributed by atoms with E-state index in [-0.39, 0.29) is 58.0 Å². The number of hydrogen-bond donors (Lipinski definition) is 3. The summed E-state index contributed by atoms with van der Waals surface area (Å²) >= 11 is 12.1. The fraction of sp³-hybridized carbons (Fsp3) is 0.412. The van der Waals surface area contributed by atoms with Gasteiger partial charge in [-0.2, -0.15) is 4.31 Å². The molecule has 3 aromatic rings. The monoisotopic (exact) mass is 724 g/mol. The number of carbonyl (C=O) groups excluding carboxylic acids is 2. The molecule has 3 aromatic carbocycles. The van der Waals surface area contributed by atoms with Crippen LogP contribution in [0.3, 0.4) is 0 Å². The molecule has 260 valence electrons. The van der Waals surface area contributed by atoms with Crippen molar-refractivity contribution < 1.29 is 31.9 Å². The lowest BCUT2D eigenvalue weighted by atomic mass is 9.94. The van der Waals surface area contributed by atoms with Crippen LogP contribution in [0.2, 0.25) is 10.0 Å². The first-order chi connectivity index (χ1) is 22.7. The predicted octanol–water partition coefficient (Wildman–Crippen LogP) is 5.21. The third-order valence-electron chi connectivity index (χ3n) is 8.08. The van der Waals surface area contributed by atoms with E-state index in [0.717, 1.165) is 25.0 Å². The number of aryl methyl sites for hydroxylation is 1. The standard InChI is InChI=1S/C34H40Cl2F2N4O5S/c1-4-9-41(10-5-2)34(45)24-13-21(3)12-23(17-24)33(44)40-30(16-22-14-25(37)18-26(38)15-22)32(43)31-20-42(11-8-39-31)48(46,47)27-6-7-28(35)29(36)19-27/h6-7,12-15,17-19,30-32,39,43H,4-5,8-11,16,20H2,1-3H3,(H,40,44)/t30-,31+,32?/m0/s1. The Kier molecular flexibility index (Phi) is 13.0. The number of aliphatic hydroxyl groups excluding tert-OH is 1. The number of nitrogens with zero attached hydrogens (tertiary/aromatic N) is 2. The minimum Gasteiger partial charge on any atom is -0.389 e. The molecule has 0 spiro atoms. The molecular weight excluding hydrogens is 685 g/mol. The van der Waals surface area contributed by atoms with Crippen LogP contribution in [0.5, 0.6) is 0 Å². The molecule has 2 amide bonds. The van der Waals surface area contributed by atoms with Crippen molar-refractivity contribution in [2.75, 3.05) is 32.7 Å². The Morgan fingerprint density at radius 2 is 1.65 bits per heavy atom. The third kappa shape index (κ3) is 9.31. The number of sulfonamides is 1. The van der Waals surface area contributed by atoms with E-state index in [1.54, 1.807) is 24.0 Å². The molecule has 1 fully saturated rings. The van der Waals surface area contributed by atoms with Gasteiger partial charge in [-0.05, 0) is 85.8 Å². The van der Waals surface area contributed by atoms with Gasteiger partial charge >= 0.3 is 0 Å². The van der Waals surface area contributed by atoms with Crippen LogP contribution in [0.25, 0.3) is 0 Å². The lowest BCUT2D eigenvalue weighted by molar-refractivity contribution is 0.0600. The number of piperazine rings is 1. The molecule has 1 aliphatic heterocycles. The van der Waals surface area contributed by atoms with Crippen molar-refractivity contribution in [3.05, 3.63) is 98.5 Å². The topological polar surface area (TPSA) is 119 Å². The van der Waals surface area contributed by atoms with E-state index in [2.05, 4.69) is 10.6 Å². The lowest BCUT2D eigenvalue weighted by Crippen LogP contribution is -2.62. The highest BCUT2D eigenvalue weighted by atomic mass is 35.5. The lowest BCUT2D eigenvalue weighted by Gasteiger charge is -2.38. The van der Waals surface area contributed by atoms with E-state index in [9.17, 15) is 31.9 Å². The predicted molar refractivity (Wildman–Crippen MR) is 182 cm³/mol. The van der Waals surface area contributed by atoms with Crippen LogP contribution in [0.1, 0.15) is 58.5 Å². The van der Waals surface area contributed by atoms with Gasteiger partial charge in [-0.3, -0.25) is 9.59 Å². The van der Waals surface area contributed by atoms with Crippen LogP contribution in [-0.2, 0) is 16.4 Å². The van der Waals surface area contributed by atoms with Crippen LogP contribution < -0.4 is 10.6 Å². The summed E-state index contributed by atoms with van der Waals surface area (Å²) in [5.74, 6) is -2.49. The summed E-state index contributed by atoms with van der Waals surface area (Å²) in [6, 6.07) is 9.66. The zero-order valence-electron chi connectivity index (χ0n) is 27.0. The smallest absolute Gasteiger partial charge is 0.253 e. The number of carbonyl (C=O) groups is 2. The van der Waals surface area contributed by atoms with E-state index < -0.39 is 45.8 Å². The Morgan fingerprint density at radius 1 is 1.00 bits per heavy atom. The van der Waals surface area contributed by atoms with E-state index in [1.165, 1.54) is 28.6 Å². The zero-order chi connectivity index (χ0) is 35.2. The van der Waals surface area contributed by atoms with Crippen molar-refractivity contribution >= 4 is 45.0 Å². The molecule has 0 bridgehead atoms. The Labute approximate surface area is 290 Å². The first kappa shape index (κ1) is 37.7. The van der Waals surface area contributed by atoms with Gasteiger partial charge in [0.1, 0.15) is 11.6 Å². The molecule has 0 radical (unpaired) electrons. The molecule has 14 heteroatoms. The average Bonchev–Trinajstić information content (AvgIpc) is 3.04. The highest BCUT2D eigenvalue weighted by Gasteiger charge is 2.37. The summed E-state index contributed by atoms with van der Waals surface area (Å²) < 4.78 is 56.5. The molecule has 1 heterocycles. The first-order valence-corrected chi connectivity index (χ1v) is 18.0. The van der Waals surface area contributed by atoms with Gasteiger partial charge in [-0.1, -0.05) is 37.0 Å². The van der Waals surface area contributed by atoms with Crippen LogP contribution in [0.4, 0.5) is 8.78 Å². The summed E-state index contributed by atoms with van der Waals surface area (Å²) in [5.41, 5.74) is 1.33. The molecule has 1 unspecified atom stereocenters. The van der Waals surface area contributed by atoms with Crippen molar-refractivity contribution in [3.8, 4) is 0 Å². The third-order valence-corrected chi connectivity index (χ3v) is 10.7. The van der Waals surface area contributed by atoms with Gasteiger partial charge < -0.3 is 20.6 Å². The average molecular weight is 726 g/mol. The van der Waals surface area contributed by atoms with Gasteiger partial charge in [0, 0.05) is 56.0 Å². The van der Waals surface area contributed by atoms with Crippen molar-refractivity contribution in [2.24, 2.45) is 0 Å². The molecule has 3 atom stereocenters. The van der Waals surface area contributed by atoms with Crippen molar-refractivity contribution in [1.29, 1.82) is 0 Å². The maximum absolute atomic E-state index is 14.2. The van der Waals surface area contributed by atoms with E-state index >= 15 is 0 Å². The number of nitrogens with one attached hydrogen (secondary N) is 2. The molecule has 48 heavy (non-hydrogen) atoms. The Hall–Kier alpha value is -3.13. The Bertz CT molecular complexity index is 1720. The second-order valence-electron chi connectivity index (χ2n) is 11.9. The zero-order valence-corrected chi connectivity index (χ0v) is 29.3. The number of benzene rings is 3. The van der Waals surface area contributed by atoms with E-state index in [0.29, 0.717) is 30.3 Å². The fourth-order valence-electron chi connectivity index (χ4n) is 5.83. The maximum atomic E-state index is 14.2. The van der Waals surface area contributed by atoms with Crippen LogP contribution >= 0.6 is 23.2 Å². The molecule has 1 saturated heterocycles. The Morgan fingerprint density at radius 3 is 2.27 bits per heavy atom. The molecule has 4 rings (SSSR count). The molecule has 9 nitrogen and oxygen atoms in total. The van der Waals surface area contributed by atoms with Gasteiger partial charge in [-0.15, -0.1) is 0 Å². The summed E-state index contributed by atoms with van der Waals surface area (Å²) in [5, 5.41) is 17.8. The largest absolute Gasteiger partial charge is 0.389 e. The summed E-state index contributed by atoms with van der Waals surface area (Å²) in [4.78, 5) is 28.7. The quantitative estimate of drug-likeness (QED) is 0.223. The van der Waals surface area contributed by atoms with Gasteiger partial charge in [0.15, 0.2) is 0 Å². The minimum atomic E-state index is -4.05. The van der Waals surface area contributed by atoms with Gasteiger partial charge in [0.25, 0.3) is 11.8 Å². The number of rotatable bonds is 13. The number of halogens is 4. The maximum Gasteiger partial charge on any atom is 0.253 e. The van der Waals surface area contributed by atoms with Crippen molar-refractivity contribution in [3.63, 3.8) is 0 Å². The number of hydrogen-bond acceptors (Lipinski definition) is 6. The van der Waals surface area contributed by atoms with Crippen LogP contribution in [0, 0.1) is 18.6 Å². The highest BCUT2D eigenvalue weighted by molar-refractivity contribution is 7.89. The first-order valence-electron chi connectivity index (χ1n) is 15.8. The molecule has 3 N–H and O–H groups in total. The van der Waals surface area contributed by atoms with E-state index in [1.807, 2.05) is 13.8 Å². The highest BCUT2D eigenvalue weighted by Crippen LogP contribution is 2.27. The Balaban J connectivity index is 1.62. The second-order valence-corrected chi connectivity index (χ2v) is 14.7. The van der Waals surface area contributed by atoms with E-state index in [4.69, 9.17) is 23.2 Å². The summed E-state index contributed by atoms with van der Waals surface area (Å²) in [6.07, 6.45) is -0.0564. The minimum absolute atomic E-state index is 0.0685.